The topological polar surface area (TPSA) is 152 Å². The standard InChI is InChI=1S/C28H33N5O7/c1-15-18(13-30-23-22(15)33(8-9-38-23)26(37)40-28(5,6)7)16-10-17-12-21(32-24(34)35)29-14-19(17)20(11-16)31-25(36)39-27(2,3)4/h10-14H,8-9H2,1-7H3,(H,29,32)(H,31,36)(H,34,35). The summed E-state index contributed by atoms with van der Waals surface area (Å²) in [5, 5.41) is 15.3. The van der Waals surface area contributed by atoms with Crippen LogP contribution in [0, 0.1) is 6.92 Å². The normalized spacial score (nSPS) is 13.2. The lowest BCUT2D eigenvalue weighted by molar-refractivity contribution is 0.0564. The van der Waals surface area contributed by atoms with Gasteiger partial charge in [0.05, 0.1) is 12.2 Å². The number of nitrogens with zero attached hydrogens (tertiary/aromatic N) is 3. The maximum absolute atomic E-state index is 13.1. The Morgan fingerprint density at radius 1 is 0.975 bits per heavy atom. The Morgan fingerprint density at radius 2 is 1.68 bits per heavy atom. The van der Waals surface area contributed by atoms with Gasteiger partial charge in [0, 0.05) is 23.3 Å². The smallest absolute Gasteiger partial charge is 0.415 e. The fourth-order valence-electron chi connectivity index (χ4n) is 4.24. The van der Waals surface area contributed by atoms with Crippen molar-refractivity contribution < 1.29 is 33.7 Å². The minimum absolute atomic E-state index is 0.116. The molecule has 0 unspecified atom stereocenters. The molecule has 1 aliphatic rings. The summed E-state index contributed by atoms with van der Waals surface area (Å²) < 4.78 is 16.8. The third kappa shape index (κ3) is 6.50. The minimum Gasteiger partial charge on any atom is -0.474 e. The van der Waals surface area contributed by atoms with Crippen LogP contribution in [0.2, 0.25) is 0 Å². The molecular weight excluding hydrogens is 518 g/mol. The summed E-state index contributed by atoms with van der Waals surface area (Å²) in [6, 6.07) is 5.13. The Labute approximate surface area is 231 Å². The van der Waals surface area contributed by atoms with E-state index in [2.05, 4.69) is 20.6 Å². The molecule has 2 aromatic heterocycles. The highest BCUT2D eigenvalue weighted by molar-refractivity contribution is 6.04. The third-order valence-electron chi connectivity index (χ3n) is 5.73. The zero-order chi connectivity index (χ0) is 29.4. The first-order chi connectivity index (χ1) is 18.6. The molecule has 0 bridgehead atoms. The second-order valence-electron chi connectivity index (χ2n) is 11.3. The second kappa shape index (κ2) is 10.5. The molecule has 3 aromatic rings. The predicted molar refractivity (Wildman–Crippen MR) is 150 cm³/mol. The molecule has 1 aliphatic heterocycles. The summed E-state index contributed by atoms with van der Waals surface area (Å²) in [6.07, 6.45) is 0.659. The van der Waals surface area contributed by atoms with E-state index < -0.39 is 29.5 Å². The van der Waals surface area contributed by atoms with Gasteiger partial charge in [-0.3, -0.25) is 15.5 Å². The number of fused-ring (bicyclic) bond motifs is 2. The summed E-state index contributed by atoms with van der Waals surface area (Å²) in [7, 11) is 0. The Hall–Kier alpha value is -4.61. The summed E-state index contributed by atoms with van der Waals surface area (Å²) >= 11 is 0. The van der Waals surface area contributed by atoms with Gasteiger partial charge in [0.25, 0.3) is 0 Å². The molecule has 0 radical (unpaired) electrons. The maximum Gasteiger partial charge on any atom is 0.415 e. The van der Waals surface area contributed by atoms with Crippen LogP contribution in [0.1, 0.15) is 47.1 Å². The highest BCUT2D eigenvalue weighted by atomic mass is 16.6. The van der Waals surface area contributed by atoms with Crippen molar-refractivity contribution in [2.75, 3.05) is 28.7 Å². The number of nitrogens with one attached hydrogen (secondary N) is 2. The van der Waals surface area contributed by atoms with E-state index in [4.69, 9.17) is 19.3 Å². The molecule has 1 aromatic carbocycles. The zero-order valence-electron chi connectivity index (χ0n) is 23.5. The molecule has 0 atom stereocenters. The van der Waals surface area contributed by atoms with Crippen molar-refractivity contribution in [3.05, 3.63) is 36.2 Å². The van der Waals surface area contributed by atoms with Crippen LogP contribution in [0.25, 0.3) is 21.9 Å². The zero-order valence-corrected chi connectivity index (χ0v) is 23.5. The quantitative estimate of drug-likeness (QED) is 0.346. The first-order valence-corrected chi connectivity index (χ1v) is 12.7. The number of carboxylic acid groups (broad SMARTS) is 1. The summed E-state index contributed by atoms with van der Waals surface area (Å²) in [5.74, 6) is 0.425. The van der Waals surface area contributed by atoms with E-state index in [0.717, 1.165) is 0 Å². The number of carbonyl (C=O) groups excluding carboxylic acids is 2. The monoisotopic (exact) mass is 551 g/mol. The Morgan fingerprint density at radius 3 is 2.33 bits per heavy atom. The van der Waals surface area contributed by atoms with Gasteiger partial charge in [0.1, 0.15) is 29.3 Å². The summed E-state index contributed by atoms with van der Waals surface area (Å²) in [5.41, 5.74) is 1.49. The van der Waals surface area contributed by atoms with Crippen LogP contribution in [0.3, 0.4) is 0 Å². The molecule has 4 rings (SSSR count). The molecule has 0 saturated heterocycles. The number of pyridine rings is 2. The van der Waals surface area contributed by atoms with Gasteiger partial charge in [0.15, 0.2) is 0 Å². The first kappa shape index (κ1) is 28.4. The largest absolute Gasteiger partial charge is 0.474 e. The van der Waals surface area contributed by atoms with Crippen molar-refractivity contribution >= 4 is 46.2 Å². The Bertz CT molecular complexity index is 1490. The van der Waals surface area contributed by atoms with E-state index >= 15 is 0 Å². The van der Waals surface area contributed by atoms with Gasteiger partial charge >= 0.3 is 18.3 Å². The molecule has 12 heteroatoms. The van der Waals surface area contributed by atoms with Crippen LogP contribution in [0.15, 0.2) is 30.6 Å². The van der Waals surface area contributed by atoms with Gasteiger partial charge in [-0.1, -0.05) is 0 Å². The predicted octanol–water partition coefficient (Wildman–Crippen LogP) is 6.18. The fourth-order valence-corrected chi connectivity index (χ4v) is 4.24. The molecule has 0 fully saturated rings. The van der Waals surface area contributed by atoms with Crippen molar-refractivity contribution in [2.45, 2.75) is 59.7 Å². The van der Waals surface area contributed by atoms with Gasteiger partial charge in [-0.05, 0) is 83.2 Å². The number of hydrogen-bond donors (Lipinski definition) is 3. The molecule has 3 N–H and O–H groups in total. The number of anilines is 3. The molecule has 212 valence electrons. The van der Waals surface area contributed by atoms with Crippen LogP contribution < -0.4 is 20.3 Å². The van der Waals surface area contributed by atoms with Crippen molar-refractivity contribution in [3.63, 3.8) is 0 Å². The number of rotatable bonds is 3. The van der Waals surface area contributed by atoms with Gasteiger partial charge in [-0.15, -0.1) is 0 Å². The Balaban J connectivity index is 1.85. The second-order valence-corrected chi connectivity index (χ2v) is 11.3. The lowest BCUT2D eigenvalue weighted by Crippen LogP contribution is -2.42. The highest BCUT2D eigenvalue weighted by Gasteiger charge is 2.31. The average Bonchev–Trinajstić information content (AvgIpc) is 2.81. The van der Waals surface area contributed by atoms with Gasteiger partial charge in [-0.25, -0.2) is 24.4 Å². The lowest BCUT2D eigenvalue weighted by Gasteiger charge is -2.32. The van der Waals surface area contributed by atoms with E-state index in [1.54, 1.807) is 59.9 Å². The number of hydrogen-bond acceptors (Lipinski definition) is 8. The lowest BCUT2D eigenvalue weighted by atomic mass is 9.97. The SMILES string of the molecule is Cc1c(-c2cc(NC(=O)OC(C)(C)C)c3cnc(NC(=O)O)cc3c2)cnc2c1N(C(=O)OC(C)(C)C)CCO2. The molecule has 0 saturated carbocycles. The molecule has 12 nitrogen and oxygen atoms in total. The maximum atomic E-state index is 13.1. The van der Waals surface area contributed by atoms with E-state index in [1.807, 2.05) is 13.0 Å². The van der Waals surface area contributed by atoms with Crippen LogP contribution >= 0.6 is 0 Å². The first-order valence-electron chi connectivity index (χ1n) is 12.7. The van der Waals surface area contributed by atoms with E-state index in [0.29, 0.717) is 44.7 Å². The van der Waals surface area contributed by atoms with Crippen molar-refractivity contribution in [3.8, 4) is 17.0 Å². The number of ether oxygens (including phenoxy) is 3. The number of carbonyl (C=O) groups is 3. The van der Waals surface area contributed by atoms with Gasteiger partial charge in [-0.2, -0.15) is 0 Å². The molecule has 40 heavy (non-hydrogen) atoms. The van der Waals surface area contributed by atoms with Gasteiger partial charge < -0.3 is 19.3 Å². The van der Waals surface area contributed by atoms with E-state index in [-0.39, 0.29) is 19.0 Å². The molecule has 3 heterocycles. The number of benzene rings is 1. The van der Waals surface area contributed by atoms with Crippen LogP contribution in [0.4, 0.5) is 31.6 Å². The third-order valence-corrected chi connectivity index (χ3v) is 5.73. The number of aromatic nitrogens is 2. The summed E-state index contributed by atoms with van der Waals surface area (Å²) in [4.78, 5) is 47.1. The number of amides is 3. The minimum atomic E-state index is -1.26. The van der Waals surface area contributed by atoms with Crippen LogP contribution in [-0.2, 0) is 9.47 Å². The molecule has 0 aliphatic carbocycles. The highest BCUT2D eigenvalue weighted by Crippen LogP contribution is 2.41. The van der Waals surface area contributed by atoms with Crippen molar-refractivity contribution in [1.29, 1.82) is 0 Å². The van der Waals surface area contributed by atoms with Crippen molar-refractivity contribution in [2.24, 2.45) is 0 Å². The Kier molecular flexibility index (Phi) is 7.46. The van der Waals surface area contributed by atoms with Crippen LogP contribution in [-0.4, -0.2) is 57.7 Å². The molecule has 3 amide bonds. The van der Waals surface area contributed by atoms with E-state index in [1.165, 1.54) is 11.1 Å². The summed E-state index contributed by atoms with van der Waals surface area (Å²) in [6.45, 7) is 13.1. The average molecular weight is 552 g/mol. The molecule has 0 spiro atoms. The fraction of sp³-hybridized carbons (Fsp3) is 0.393. The van der Waals surface area contributed by atoms with Gasteiger partial charge in [0.2, 0.25) is 5.88 Å². The van der Waals surface area contributed by atoms with Crippen LogP contribution in [0.5, 0.6) is 5.88 Å². The molecular formula is C28H33N5O7. The van der Waals surface area contributed by atoms with E-state index in [9.17, 15) is 14.4 Å². The van der Waals surface area contributed by atoms with Crippen molar-refractivity contribution in [1.82, 2.24) is 9.97 Å².